The number of carbonyl (C=O) groups excluding carboxylic acids is 1. The van der Waals surface area contributed by atoms with E-state index in [0.717, 1.165) is 0 Å². The third-order valence-corrected chi connectivity index (χ3v) is 4.69. The molecule has 0 amide bonds. The van der Waals surface area contributed by atoms with Crippen LogP contribution >= 0.6 is 0 Å². The van der Waals surface area contributed by atoms with E-state index in [1.54, 1.807) is 0 Å². The van der Waals surface area contributed by atoms with E-state index in [1.807, 2.05) is 6.92 Å². The van der Waals surface area contributed by atoms with Crippen LogP contribution in [0.4, 0.5) is 0 Å². The first kappa shape index (κ1) is 10.5. The second-order valence-corrected chi connectivity index (χ2v) is 9.57. The van der Waals surface area contributed by atoms with Gasteiger partial charge in [-0.25, -0.2) is 0 Å². The molecule has 0 aromatic heterocycles. The maximum atomic E-state index is 11.4. The monoisotopic (exact) mass is 198 g/mol. The predicted molar refractivity (Wildman–Crippen MR) is 56.2 cm³/mol. The Morgan fingerprint density at radius 1 is 1.46 bits per heavy atom. The molecule has 2 nitrogen and oxygen atoms in total. The van der Waals surface area contributed by atoms with Gasteiger partial charge in [0.1, 0.15) is 0 Å². The minimum atomic E-state index is -1.26. The van der Waals surface area contributed by atoms with Crippen molar-refractivity contribution in [1.82, 2.24) is 0 Å². The molecule has 0 bridgehead atoms. The third kappa shape index (κ3) is 2.02. The zero-order chi connectivity index (χ0) is 10.2. The van der Waals surface area contributed by atoms with E-state index in [4.69, 9.17) is 4.74 Å². The highest BCUT2D eigenvalue weighted by Crippen LogP contribution is 2.45. The van der Waals surface area contributed by atoms with Gasteiger partial charge >= 0.3 is 5.97 Å². The molecule has 0 saturated heterocycles. The maximum absolute atomic E-state index is 11.4. The first-order valence-corrected chi connectivity index (χ1v) is 8.27. The van der Waals surface area contributed by atoms with Crippen LogP contribution in [0.25, 0.3) is 0 Å². The number of esters is 1. The lowest BCUT2D eigenvalue weighted by Gasteiger charge is -2.12. The normalized spacial score (nSPS) is 21.8. The van der Waals surface area contributed by atoms with Crippen molar-refractivity contribution in [2.45, 2.75) is 33.5 Å². The molecule has 0 radical (unpaired) electrons. The smallest absolute Gasteiger partial charge is 0.316 e. The summed E-state index contributed by atoms with van der Waals surface area (Å²) in [5.74, 6) is 0.00374. The summed E-state index contributed by atoms with van der Waals surface area (Å²) < 4.78 is 5.00. The quantitative estimate of drug-likeness (QED) is 0.514. The lowest BCUT2D eigenvalue weighted by molar-refractivity contribution is -0.144. The molecule has 13 heavy (non-hydrogen) atoms. The molecule has 0 aromatic rings. The van der Waals surface area contributed by atoms with E-state index < -0.39 is 8.07 Å². The lowest BCUT2D eigenvalue weighted by atomic mass is 10.3. The first-order chi connectivity index (χ1) is 5.89. The fraction of sp³-hybridized carbons (Fsp3) is 0.700. The molecule has 1 atom stereocenters. The average Bonchev–Trinajstić information content (AvgIpc) is 2.60. The standard InChI is InChI=1S/C10H18O2Si/c1-6-12-10(11)8-7(2)9(8)13(3,4)5/h8H,6H2,1-5H3. The molecule has 1 aliphatic carbocycles. The highest BCUT2D eigenvalue weighted by molar-refractivity contribution is 6.84. The van der Waals surface area contributed by atoms with Gasteiger partial charge in [0.2, 0.25) is 0 Å². The molecule has 0 fully saturated rings. The van der Waals surface area contributed by atoms with Crippen LogP contribution in [0.3, 0.4) is 0 Å². The summed E-state index contributed by atoms with van der Waals surface area (Å²) in [6.07, 6.45) is 0. The van der Waals surface area contributed by atoms with Gasteiger partial charge in [-0.05, 0) is 13.8 Å². The molecule has 1 unspecified atom stereocenters. The SMILES string of the molecule is CCOC(=O)C1C(C)=C1[Si](C)(C)C. The zero-order valence-electron chi connectivity index (χ0n) is 9.10. The molecule has 0 saturated carbocycles. The second-order valence-electron chi connectivity index (χ2n) is 4.53. The first-order valence-electron chi connectivity index (χ1n) is 4.77. The lowest BCUT2D eigenvalue weighted by Crippen LogP contribution is -2.23. The largest absolute Gasteiger partial charge is 0.465 e. The van der Waals surface area contributed by atoms with Crippen molar-refractivity contribution >= 4 is 14.0 Å². The zero-order valence-corrected chi connectivity index (χ0v) is 10.1. The van der Waals surface area contributed by atoms with Gasteiger partial charge in [0.25, 0.3) is 0 Å². The van der Waals surface area contributed by atoms with Gasteiger partial charge < -0.3 is 4.74 Å². The van der Waals surface area contributed by atoms with Gasteiger partial charge in [0.15, 0.2) is 0 Å². The fourth-order valence-electron chi connectivity index (χ4n) is 1.88. The number of carbonyl (C=O) groups is 1. The van der Waals surface area contributed by atoms with Crippen LogP contribution in [0.1, 0.15) is 13.8 Å². The summed E-state index contributed by atoms with van der Waals surface area (Å²) in [4.78, 5) is 11.4. The molecular formula is C10H18O2Si. The van der Waals surface area contributed by atoms with Gasteiger partial charge in [0, 0.05) is 0 Å². The Hall–Kier alpha value is -0.573. The number of ether oxygens (including phenoxy) is 1. The maximum Gasteiger partial charge on any atom is 0.316 e. The Kier molecular flexibility index (Phi) is 2.66. The summed E-state index contributed by atoms with van der Waals surface area (Å²) >= 11 is 0. The van der Waals surface area contributed by atoms with Gasteiger partial charge in [-0.3, -0.25) is 4.79 Å². The molecule has 1 aliphatic rings. The van der Waals surface area contributed by atoms with Crippen LogP contribution < -0.4 is 0 Å². The van der Waals surface area contributed by atoms with Crippen LogP contribution in [0.2, 0.25) is 19.6 Å². The summed E-state index contributed by atoms with van der Waals surface area (Å²) in [6, 6.07) is 0. The van der Waals surface area contributed by atoms with Gasteiger partial charge in [-0.15, -0.1) is 0 Å². The van der Waals surface area contributed by atoms with Crippen molar-refractivity contribution in [3.05, 3.63) is 10.8 Å². The van der Waals surface area contributed by atoms with Gasteiger partial charge in [0.05, 0.1) is 20.6 Å². The van der Waals surface area contributed by atoms with E-state index in [2.05, 4.69) is 26.6 Å². The van der Waals surface area contributed by atoms with Crippen molar-refractivity contribution in [1.29, 1.82) is 0 Å². The minimum Gasteiger partial charge on any atom is -0.465 e. The molecule has 0 spiro atoms. The van der Waals surface area contributed by atoms with E-state index in [0.29, 0.717) is 6.61 Å². The molecule has 0 aliphatic heterocycles. The van der Waals surface area contributed by atoms with Crippen LogP contribution in [0, 0.1) is 5.92 Å². The Morgan fingerprint density at radius 2 is 2.00 bits per heavy atom. The third-order valence-electron chi connectivity index (χ3n) is 2.39. The summed E-state index contributed by atoms with van der Waals surface area (Å²) in [5, 5.41) is 1.39. The van der Waals surface area contributed by atoms with Gasteiger partial charge in [-0.1, -0.05) is 30.4 Å². The van der Waals surface area contributed by atoms with Crippen molar-refractivity contribution < 1.29 is 9.53 Å². The minimum absolute atomic E-state index is 0.0441. The second kappa shape index (κ2) is 3.29. The Balaban J connectivity index is 2.60. The Bertz CT molecular complexity index is 261. The van der Waals surface area contributed by atoms with E-state index >= 15 is 0 Å². The predicted octanol–water partition coefficient (Wildman–Crippen LogP) is 2.37. The molecule has 3 heteroatoms. The van der Waals surface area contributed by atoms with Crippen LogP contribution in [-0.4, -0.2) is 20.7 Å². The number of hydrogen-bond acceptors (Lipinski definition) is 2. The average molecular weight is 198 g/mol. The topological polar surface area (TPSA) is 26.3 Å². The Morgan fingerprint density at radius 3 is 2.31 bits per heavy atom. The molecule has 0 heterocycles. The van der Waals surface area contributed by atoms with Gasteiger partial charge in [-0.2, -0.15) is 0 Å². The Labute approximate surface area is 81.0 Å². The van der Waals surface area contributed by atoms with Crippen LogP contribution in [-0.2, 0) is 9.53 Å². The summed E-state index contributed by atoms with van der Waals surface area (Å²) in [5.41, 5.74) is 1.26. The molecular weight excluding hydrogens is 180 g/mol. The number of rotatable bonds is 3. The molecule has 74 valence electrons. The van der Waals surface area contributed by atoms with E-state index in [-0.39, 0.29) is 11.9 Å². The van der Waals surface area contributed by atoms with Crippen molar-refractivity contribution in [3.63, 3.8) is 0 Å². The van der Waals surface area contributed by atoms with E-state index in [1.165, 1.54) is 10.8 Å². The fourth-order valence-corrected chi connectivity index (χ4v) is 4.33. The highest BCUT2D eigenvalue weighted by Gasteiger charge is 2.46. The molecule has 0 aromatic carbocycles. The van der Waals surface area contributed by atoms with Crippen molar-refractivity contribution in [3.8, 4) is 0 Å². The van der Waals surface area contributed by atoms with Crippen molar-refractivity contribution in [2.75, 3.05) is 6.61 Å². The van der Waals surface area contributed by atoms with E-state index in [9.17, 15) is 4.79 Å². The molecule has 0 N–H and O–H groups in total. The highest BCUT2D eigenvalue weighted by atomic mass is 28.3. The molecule has 1 rings (SSSR count). The van der Waals surface area contributed by atoms with Crippen molar-refractivity contribution in [2.24, 2.45) is 5.92 Å². The van der Waals surface area contributed by atoms with Crippen LogP contribution in [0.5, 0.6) is 0 Å². The van der Waals surface area contributed by atoms with Crippen LogP contribution in [0.15, 0.2) is 10.8 Å². The summed E-state index contributed by atoms with van der Waals surface area (Å²) in [7, 11) is -1.26. The number of hydrogen-bond donors (Lipinski definition) is 0. The summed E-state index contributed by atoms with van der Waals surface area (Å²) in [6.45, 7) is 11.2.